The molecular weight excluding hydrogens is 300 g/mol. The third kappa shape index (κ3) is 2.82. The number of aryl methyl sites for hydroxylation is 1. The van der Waals surface area contributed by atoms with E-state index in [2.05, 4.69) is 51.3 Å². The molecule has 19 heavy (non-hydrogen) atoms. The lowest BCUT2D eigenvalue weighted by Crippen LogP contribution is -2.49. The Balaban J connectivity index is 1.84. The molecule has 3 heteroatoms. The maximum atomic E-state index is 3.83. The second-order valence-corrected chi connectivity index (χ2v) is 6.98. The van der Waals surface area contributed by atoms with Gasteiger partial charge in [-0.3, -0.25) is 0 Å². The van der Waals surface area contributed by atoms with E-state index in [1.54, 1.807) is 0 Å². The summed E-state index contributed by atoms with van der Waals surface area (Å²) >= 11 is 3.66. The number of hydrogen-bond donors (Lipinski definition) is 1. The zero-order chi connectivity index (χ0) is 13.3. The Labute approximate surface area is 124 Å². The van der Waals surface area contributed by atoms with Crippen molar-refractivity contribution in [2.24, 2.45) is 0 Å². The molecule has 1 aromatic rings. The topological polar surface area (TPSA) is 15.3 Å². The van der Waals surface area contributed by atoms with Crippen molar-refractivity contribution in [1.82, 2.24) is 5.32 Å². The highest BCUT2D eigenvalue weighted by molar-refractivity contribution is 9.10. The highest BCUT2D eigenvalue weighted by Crippen LogP contribution is 2.34. The molecule has 0 amide bonds. The lowest BCUT2D eigenvalue weighted by molar-refractivity contribution is 0.354. The van der Waals surface area contributed by atoms with Gasteiger partial charge in [-0.15, -0.1) is 0 Å². The second kappa shape index (κ2) is 5.45. The molecule has 2 aliphatic rings. The van der Waals surface area contributed by atoms with Gasteiger partial charge in [0.25, 0.3) is 0 Å². The van der Waals surface area contributed by atoms with Crippen LogP contribution in [0.1, 0.15) is 37.7 Å². The minimum absolute atomic E-state index is 0.383. The average Bonchev–Trinajstić information content (AvgIpc) is 2.74. The van der Waals surface area contributed by atoms with Crippen molar-refractivity contribution in [3.05, 3.63) is 28.2 Å². The predicted molar refractivity (Wildman–Crippen MR) is 84.9 cm³/mol. The van der Waals surface area contributed by atoms with Crippen LogP contribution in [-0.2, 0) is 0 Å². The minimum atomic E-state index is 0.383. The normalized spacial score (nSPS) is 22.7. The van der Waals surface area contributed by atoms with E-state index in [1.807, 2.05) is 0 Å². The number of halogens is 1. The van der Waals surface area contributed by atoms with E-state index in [9.17, 15) is 0 Å². The quantitative estimate of drug-likeness (QED) is 0.844. The van der Waals surface area contributed by atoms with E-state index in [4.69, 9.17) is 0 Å². The number of rotatable bonds is 1. The summed E-state index contributed by atoms with van der Waals surface area (Å²) < 4.78 is 1.22. The molecule has 1 heterocycles. The van der Waals surface area contributed by atoms with Crippen LogP contribution < -0.4 is 10.2 Å². The second-order valence-electron chi connectivity index (χ2n) is 6.12. The molecule has 2 nitrogen and oxygen atoms in total. The van der Waals surface area contributed by atoms with Gasteiger partial charge in [0.2, 0.25) is 0 Å². The van der Waals surface area contributed by atoms with Crippen LogP contribution in [0.4, 0.5) is 5.69 Å². The van der Waals surface area contributed by atoms with E-state index >= 15 is 0 Å². The molecular formula is C16H23BrN2. The van der Waals surface area contributed by atoms with Gasteiger partial charge in [0.1, 0.15) is 0 Å². The largest absolute Gasteiger partial charge is 0.370 e. The molecule has 2 fully saturated rings. The van der Waals surface area contributed by atoms with E-state index in [-0.39, 0.29) is 0 Å². The van der Waals surface area contributed by atoms with Crippen molar-refractivity contribution in [1.29, 1.82) is 0 Å². The summed E-state index contributed by atoms with van der Waals surface area (Å²) in [4.78, 5) is 2.58. The molecule has 1 saturated carbocycles. The maximum absolute atomic E-state index is 3.83. The molecule has 0 radical (unpaired) electrons. The first-order valence-electron chi connectivity index (χ1n) is 7.45. The van der Waals surface area contributed by atoms with Gasteiger partial charge >= 0.3 is 0 Å². The molecule has 1 aromatic carbocycles. The van der Waals surface area contributed by atoms with Crippen molar-refractivity contribution in [3.63, 3.8) is 0 Å². The van der Waals surface area contributed by atoms with Gasteiger partial charge in [-0.2, -0.15) is 0 Å². The number of benzene rings is 1. The fourth-order valence-electron chi connectivity index (χ4n) is 3.51. The molecule has 0 bridgehead atoms. The van der Waals surface area contributed by atoms with E-state index in [0.29, 0.717) is 5.54 Å². The van der Waals surface area contributed by atoms with Gasteiger partial charge in [0.15, 0.2) is 0 Å². The van der Waals surface area contributed by atoms with Crippen LogP contribution in [0.2, 0.25) is 0 Å². The SMILES string of the molecule is Cc1ccc(N2CCCNC3(CCCC3)C2)cc1Br. The summed E-state index contributed by atoms with van der Waals surface area (Å²) in [7, 11) is 0. The summed E-state index contributed by atoms with van der Waals surface area (Å²) in [5.41, 5.74) is 3.06. The number of nitrogens with one attached hydrogen (secondary N) is 1. The number of hydrogen-bond acceptors (Lipinski definition) is 2. The lowest BCUT2D eigenvalue weighted by atomic mass is 9.97. The van der Waals surface area contributed by atoms with Crippen molar-refractivity contribution >= 4 is 21.6 Å². The van der Waals surface area contributed by atoms with Crippen molar-refractivity contribution in [2.45, 2.75) is 44.6 Å². The smallest absolute Gasteiger partial charge is 0.0378 e. The van der Waals surface area contributed by atoms with Crippen molar-refractivity contribution in [2.75, 3.05) is 24.5 Å². The van der Waals surface area contributed by atoms with E-state index in [1.165, 1.54) is 67.5 Å². The van der Waals surface area contributed by atoms with Crippen LogP contribution in [0.5, 0.6) is 0 Å². The average molecular weight is 323 g/mol. The predicted octanol–water partition coefficient (Wildman–Crippen LogP) is 3.87. The Hall–Kier alpha value is -0.540. The summed E-state index contributed by atoms with van der Waals surface area (Å²) in [5.74, 6) is 0. The lowest BCUT2D eigenvalue weighted by Gasteiger charge is -2.34. The molecule has 1 aliphatic heterocycles. The third-order valence-electron chi connectivity index (χ3n) is 4.68. The minimum Gasteiger partial charge on any atom is -0.370 e. The fraction of sp³-hybridized carbons (Fsp3) is 0.625. The Morgan fingerprint density at radius 3 is 2.74 bits per heavy atom. The van der Waals surface area contributed by atoms with Gasteiger partial charge in [-0.1, -0.05) is 34.8 Å². The van der Waals surface area contributed by atoms with Gasteiger partial charge in [-0.25, -0.2) is 0 Å². The molecule has 0 aromatic heterocycles. The van der Waals surface area contributed by atoms with Gasteiger partial charge < -0.3 is 10.2 Å². The van der Waals surface area contributed by atoms with Crippen LogP contribution in [0.25, 0.3) is 0 Å². The maximum Gasteiger partial charge on any atom is 0.0378 e. The van der Waals surface area contributed by atoms with Crippen LogP contribution in [0.3, 0.4) is 0 Å². The molecule has 1 spiro atoms. The van der Waals surface area contributed by atoms with Crippen LogP contribution in [-0.4, -0.2) is 25.2 Å². The number of nitrogens with zero attached hydrogens (tertiary/aromatic N) is 1. The summed E-state index contributed by atoms with van der Waals surface area (Å²) in [5, 5.41) is 3.83. The van der Waals surface area contributed by atoms with Crippen LogP contribution in [0.15, 0.2) is 22.7 Å². The fourth-order valence-corrected chi connectivity index (χ4v) is 3.88. The first-order chi connectivity index (χ1) is 9.19. The summed E-state index contributed by atoms with van der Waals surface area (Å²) in [6.07, 6.45) is 6.71. The highest BCUT2D eigenvalue weighted by atomic mass is 79.9. The molecule has 1 aliphatic carbocycles. The van der Waals surface area contributed by atoms with Gasteiger partial charge in [0, 0.05) is 28.8 Å². The van der Waals surface area contributed by atoms with Crippen LogP contribution in [0, 0.1) is 6.92 Å². The molecule has 0 unspecified atom stereocenters. The first kappa shape index (κ1) is 13.4. The molecule has 1 N–H and O–H groups in total. The van der Waals surface area contributed by atoms with Gasteiger partial charge in [0.05, 0.1) is 0 Å². The third-order valence-corrected chi connectivity index (χ3v) is 5.53. The summed E-state index contributed by atoms with van der Waals surface area (Å²) in [6.45, 7) is 5.66. The van der Waals surface area contributed by atoms with Crippen LogP contribution >= 0.6 is 15.9 Å². The zero-order valence-electron chi connectivity index (χ0n) is 11.7. The zero-order valence-corrected chi connectivity index (χ0v) is 13.3. The number of anilines is 1. The Morgan fingerprint density at radius 1 is 1.21 bits per heavy atom. The molecule has 0 atom stereocenters. The van der Waals surface area contributed by atoms with E-state index < -0.39 is 0 Å². The van der Waals surface area contributed by atoms with E-state index in [0.717, 1.165) is 0 Å². The molecule has 1 saturated heterocycles. The monoisotopic (exact) mass is 322 g/mol. The summed E-state index contributed by atoms with van der Waals surface area (Å²) in [6, 6.07) is 6.77. The Morgan fingerprint density at radius 2 is 2.00 bits per heavy atom. The Bertz CT molecular complexity index is 452. The van der Waals surface area contributed by atoms with Gasteiger partial charge in [-0.05, 0) is 50.4 Å². The first-order valence-corrected chi connectivity index (χ1v) is 8.24. The molecule has 3 rings (SSSR count). The molecule has 104 valence electrons. The standard InChI is InChI=1S/C16H23BrN2/c1-13-5-6-14(11-15(13)17)19-10-4-9-18-16(12-19)7-2-3-8-16/h5-6,11,18H,2-4,7-10,12H2,1H3. The highest BCUT2D eigenvalue weighted by Gasteiger charge is 2.36. The van der Waals surface area contributed by atoms with Crippen molar-refractivity contribution in [3.8, 4) is 0 Å². The Kier molecular flexibility index (Phi) is 3.86. The van der Waals surface area contributed by atoms with Crippen molar-refractivity contribution < 1.29 is 0 Å².